The molecule has 6 heteroatoms. The van der Waals surface area contributed by atoms with E-state index in [1.807, 2.05) is 0 Å². The predicted molar refractivity (Wildman–Crippen MR) is 48.1 cm³/mol. The van der Waals surface area contributed by atoms with E-state index >= 15 is 0 Å². The number of benzene rings is 1. The standard InChI is InChI=1S/C9H8AsF5/c1-2-3-10-4-5(11)7(13)9(15)8(14)6(4)12/h10H,2-3H2,1H3. The third-order valence-electron chi connectivity index (χ3n) is 1.76. The van der Waals surface area contributed by atoms with Crippen LogP contribution >= 0.6 is 0 Å². The van der Waals surface area contributed by atoms with Gasteiger partial charge in [-0.2, -0.15) is 0 Å². The molecule has 1 rings (SSSR count). The third kappa shape index (κ3) is 2.33. The van der Waals surface area contributed by atoms with E-state index in [0.717, 1.165) is 0 Å². The minimum atomic E-state index is -2.09. The van der Waals surface area contributed by atoms with Gasteiger partial charge in [0.2, 0.25) is 0 Å². The first kappa shape index (κ1) is 12.5. The van der Waals surface area contributed by atoms with Crippen LogP contribution in [-0.2, 0) is 0 Å². The van der Waals surface area contributed by atoms with Crippen molar-refractivity contribution in [3.63, 3.8) is 0 Å². The number of hydrogen-bond donors (Lipinski definition) is 0. The van der Waals surface area contributed by atoms with Crippen LogP contribution in [0.3, 0.4) is 0 Å². The maximum absolute atomic E-state index is 13.0. The van der Waals surface area contributed by atoms with E-state index in [1.54, 1.807) is 6.92 Å². The van der Waals surface area contributed by atoms with Crippen molar-refractivity contribution in [1.82, 2.24) is 0 Å². The predicted octanol–water partition coefficient (Wildman–Crippen LogP) is 2.27. The van der Waals surface area contributed by atoms with Gasteiger partial charge in [0, 0.05) is 0 Å². The third-order valence-corrected chi connectivity index (χ3v) is 5.00. The van der Waals surface area contributed by atoms with Crippen LogP contribution in [0.1, 0.15) is 13.3 Å². The van der Waals surface area contributed by atoms with Crippen molar-refractivity contribution in [2.24, 2.45) is 0 Å². The average Bonchev–Trinajstić information content (AvgIpc) is 2.24. The molecule has 0 bridgehead atoms. The van der Waals surface area contributed by atoms with Crippen LogP contribution in [0.4, 0.5) is 22.0 Å². The van der Waals surface area contributed by atoms with Gasteiger partial charge in [-0.3, -0.25) is 0 Å². The molecule has 0 heterocycles. The van der Waals surface area contributed by atoms with E-state index in [0.29, 0.717) is 11.6 Å². The fourth-order valence-electron chi connectivity index (χ4n) is 1.01. The Hall–Kier alpha value is -0.572. The molecular formula is C9H8AsF5. The second-order valence-corrected chi connectivity index (χ2v) is 5.71. The van der Waals surface area contributed by atoms with E-state index < -0.39 is 49.2 Å². The Balaban J connectivity index is 3.26. The Labute approximate surface area is 90.2 Å². The van der Waals surface area contributed by atoms with Gasteiger partial charge in [-0.25, -0.2) is 0 Å². The van der Waals surface area contributed by atoms with Gasteiger partial charge >= 0.3 is 89.7 Å². The molecule has 1 aromatic carbocycles. The molecule has 0 nitrogen and oxygen atoms in total. The Morgan fingerprint density at radius 1 is 0.800 bits per heavy atom. The molecule has 1 aromatic rings. The Bertz CT molecular complexity index is 348. The summed E-state index contributed by atoms with van der Waals surface area (Å²) < 4.78 is 63.5. The van der Waals surface area contributed by atoms with Crippen molar-refractivity contribution in [1.29, 1.82) is 0 Å². The van der Waals surface area contributed by atoms with Gasteiger partial charge in [0.1, 0.15) is 0 Å². The van der Waals surface area contributed by atoms with Gasteiger partial charge in [0.25, 0.3) is 0 Å². The molecular weight excluding hydrogens is 278 g/mol. The zero-order valence-electron chi connectivity index (χ0n) is 7.80. The molecule has 0 saturated heterocycles. The average molecular weight is 286 g/mol. The van der Waals surface area contributed by atoms with Gasteiger partial charge in [-0.15, -0.1) is 0 Å². The molecule has 0 aromatic heterocycles. The zero-order chi connectivity index (χ0) is 11.6. The first-order valence-corrected chi connectivity index (χ1v) is 6.79. The summed E-state index contributed by atoms with van der Waals surface area (Å²) in [5.41, 5.74) is 0. The SMILES string of the molecule is CCC[AsH]c1c(F)c(F)c(F)c(F)c1F. The summed E-state index contributed by atoms with van der Waals surface area (Å²) in [5.74, 6) is -9.11. The fraction of sp³-hybridized carbons (Fsp3) is 0.333. The molecule has 0 amide bonds. The van der Waals surface area contributed by atoms with Crippen molar-refractivity contribution in [3.05, 3.63) is 29.1 Å². The summed E-state index contributed by atoms with van der Waals surface area (Å²) in [6.07, 6.45) is 0.666. The van der Waals surface area contributed by atoms with Crippen LogP contribution in [0.15, 0.2) is 0 Å². The first-order chi connectivity index (χ1) is 7.00. The van der Waals surface area contributed by atoms with Crippen LogP contribution in [-0.4, -0.2) is 15.8 Å². The van der Waals surface area contributed by atoms with Gasteiger partial charge < -0.3 is 0 Å². The van der Waals surface area contributed by atoms with Crippen LogP contribution in [0.5, 0.6) is 0 Å². The monoisotopic (exact) mass is 286 g/mol. The normalized spacial score (nSPS) is 11.6. The first-order valence-electron chi connectivity index (χ1n) is 4.26. The molecule has 0 aliphatic rings. The Morgan fingerprint density at radius 3 is 1.60 bits per heavy atom. The molecule has 1 atom stereocenters. The van der Waals surface area contributed by atoms with Crippen molar-refractivity contribution in [2.45, 2.75) is 18.6 Å². The number of halogens is 5. The molecule has 1 unspecified atom stereocenters. The van der Waals surface area contributed by atoms with Crippen molar-refractivity contribution >= 4 is 20.1 Å². The Kier molecular flexibility index (Phi) is 4.14. The number of rotatable bonds is 3. The van der Waals surface area contributed by atoms with Crippen LogP contribution < -0.4 is 4.35 Å². The number of hydrogen-bond acceptors (Lipinski definition) is 0. The second-order valence-electron chi connectivity index (χ2n) is 2.87. The summed E-state index contributed by atoms with van der Waals surface area (Å²) in [7, 11) is 0. The molecule has 0 aliphatic carbocycles. The fourth-order valence-corrected chi connectivity index (χ4v) is 3.17. The minimum absolute atomic E-state index is 0.498. The van der Waals surface area contributed by atoms with Crippen LogP contribution in [0.2, 0.25) is 5.21 Å². The van der Waals surface area contributed by atoms with E-state index in [-0.39, 0.29) is 0 Å². The van der Waals surface area contributed by atoms with Crippen molar-refractivity contribution in [3.8, 4) is 0 Å². The van der Waals surface area contributed by atoms with E-state index in [4.69, 9.17) is 0 Å². The molecule has 0 spiro atoms. The molecule has 0 radical (unpaired) electrons. The maximum atomic E-state index is 13.0. The van der Waals surface area contributed by atoms with Gasteiger partial charge in [0.15, 0.2) is 0 Å². The zero-order valence-corrected chi connectivity index (χ0v) is 9.90. The molecule has 84 valence electrons. The quantitative estimate of drug-likeness (QED) is 0.346. The molecule has 15 heavy (non-hydrogen) atoms. The van der Waals surface area contributed by atoms with Gasteiger partial charge in [-0.1, -0.05) is 0 Å². The van der Waals surface area contributed by atoms with E-state index in [1.165, 1.54) is 0 Å². The van der Waals surface area contributed by atoms with Crippen molar-refractivity contribution in [2.75, 3.05) is 0 Å². The van der Waals surface area contributed by atoms with E-state index in [2.05, 4.69) is 0 Å². The molecule has 0 aliphatic heterocycles. The molecule has 0 saturated carbocycles. The Morgan fingerprint density at radius 2 is 1.20 bits per heavy atom. The van der Waals surface area contributed by atoms with Crippen LogP contribution in [0, 0.1) is 29.1 Å². The van der Waals surface area contributed by atoms with E-state index in [9.17, 15) is 22.0 Å². The van der Waals surface area contributed by atoms with Gasteiger partial charge in [0.05, 0.1) is 0 Å². The topological polar surface area (TPSA) is 0 Å². The van der Waals surface area contributed by atoms with Gasteiger partial charge in [-0.05, 0) is 0 Å². The summed E-state index contributed by atoms with van der Waals surface area (Å²) in [6.45, 7) is 1.79. The summed E-state index contributed by atoms with van der Waals surface area (Å²) >= 11 is -1.30. The summed E-state index contributed by atoms with van der Waals surface area (Å²) in [6, 6.07) is 0. The van der Waals surface area contributed by atoms with Crippen molar-refractivity contribution < 1.29 is 22.0 Å². The summed E-state index contributed by atoms with van der Waals surface area (Å²) in [4.78, 5) is 0. The second kappa shape index (κ2) is 4.97. The molecule has 0 fully saturated rings. The van der Waals surface area contributed by atoms with Crippen LogP contribution in [0.25, 0.3) is 0 Å². The molecule has 0 N–H and O–H groups in total. The summed E-state index contributed by atoms with van der Waals surface area (Å²) in [5, 5.41) is 0.498.